The van der Waals surface area contributed by atoms with Gasteiger partial charge in [0.05, 0.1) is 15.3 Å². The van der Waals surface area contributed by atoms with Gasteiger partial charge < -0.3 is 9.64 Å². The number of rotatable bonds is 3. The van der Waals surface area contributed by atoms with Crippen LogP contribution < -0.4 is 4.74 Å². The normalized spacial score (nSPS) is 15.2. The summed E-state index contributed by atoms with van der Waals surface area (Å²) < 4.78 is 34.2. The maximum atomic E-state index is 13.8. The summed E-state index contributed by atoms with van der Waals surface area (Å²) in [4.78, 5) is 18.6. The predicted molar refractivity (Wildman–Crippen MR) is 108 cm³/mol. The molecule has 0 unspecified atom stereocenters. The molecule has 1 amide bonds. The quantitative estimate of drug-likeness (QED) is 0.478. The van der Waals surface area contributed by atoms with Crippen LogP contribution in [0.15, 0.2) is 34.8 Å². The number of likely N-dealkylation sites (tertiary alicyclic amines) is 1. The van der Waals surface area contributed by atoms with Crippen LogP contribution >= 0.6 is 38.9 Å². The van der Waals surface area contributed by atoms with Crippen LogP contribution in [0.1, 0.15) is 23.2 Å². The molecule has 0 aliphatic carbocycles. The summed E-state index contributed by atoms with van der Waals surface area (Å²) in [6, 6.07) is 7.23. The molecule has 3 aromatic rings. The smallest absolute Gasteiger partial charge is 0.274 e. The van der Waals surface area contributed by atoms with Crippen LogP contribution in [0.4, 0.5) is 8.78 Å². The Bertz CT molecular complexity index is 1050. The standard InChI is InChI=1S/C19H14BrClF2N2O2S/c20-10-1-2-14(21)13(7-10)18(26)25-5-3-12(4-6-25)27-19-24-17-15(23)8-11(22)9-16(17)28-19/h1-2,7-9,12H,3-6H2. The van der Waals surface area contributed by atoms with Gasteiger partial charge in [-0.05, 0) is 24.3 Å². The first-order valence-electron chi connectivity index (χ1n) is 8.57. The molecule has 0 atom stereocenters. The average Bonchev–Trinajstić information content (AvgIpc) is 3.06. The van der Waals surface area contributed by atoms with Crippen LogP contribution in [0.5, 0.6) is 5.19 Å². The van der Waals surface area contributed by atoms with Gasteiger partial charge in [-0.3, -0.25) is 4.79 Å². The third kappa shape index (κ3) is 3.99. The van der Waals surface area contributed by atoms with E-state index in [1.54, 1.807) is 23.1 Å². The molecule has 0 spiro atoms. The SMILES string of the molecule is O=C(c1cc(Br)ccc1Cl)N1CCC(Oc2nc3c(F)cc(F)cc3s2)CC1. The monoisotopic (exact) mass is 486 g/mol. The summed E-state index contributed by atoms with van der Waals surface area (Å²) in [6.07, 6.45) is 1.09. The minimum absolute atomic E-state index is 0.110. The highest BCUT2D eigenvalue weighted by atomic mass is 79.9. The number of carbonyl (C=O) groups is 1. The number of halogens is 4. The summed E-state index contributed by atoms with van der Waals surface area (Å²) >= 11 is 10.6. The number of nitrogens with zero attached hydrogens (tertiary/aromatic N) is 2. The van der Waals surface area contributed by atoms with Crippen LogP contribution in [0.3, 0.4) is 0 Å². The van der Waals surface area contributed by atoms with Crippen molar-refractivity contribution in [1.29, 1.82) is 0 Å². The van der Waals surface area contributed by atoms with Crippen molar-refractivity contribution in [2.24, 2.45) is 0 Å². The maximum absolute atomic E-state index is 13.8. The molecule has 2 aromatic carbocycles. The molecule has 2 heterocycles. The summed E-state index contributed by atoms with van der Waals surface area (Å²) in [7, 11) is 0. The van der Waals surface area contributed by atoms with Gasteiger partial charge in [0.15, 0.2) is 5.82 Å². The Balaban J connectivity index is 1.41. The molecule has 1 fully saturated rings. The van der Waals surface area contributed by atoms with E-state index >= 15 is 0 Å². The number of benzene rings is 2. The van der Waals surface area contributed by atoms with E-state index < -0.39 is 11.6 Å². The third-order valence-corrected chi connectivity index (χ3v) is 6.27. The number of hydrogen-bond donors (Lipinski definition) is 0. The zero-order valence-electron chi connectivity index (χ0n) is 14.4. The van der Waals surface area contributed by atoms with E-state index in [0.717, 1.165) is 21.9 Å². The Morgan fingerprint density at radius 3 is 2.75 bits per heavy atom. The molecule has 9 heteroatoms. The van der Waals surface area contributed by atoms with Crippen molar-refractivity contribution >= 4 is 55.0 Å². The third-order valence-electron chi connectivity index (χ3n) is 4.55. The van der Waals surface area contributed by atoms with Crippen LogP contribution in [0.25, 0.3) is 10.2 Å². The Labute approximate surface area is 177 Å². The Kier molecular flexibility index (Phi) is 5.53. The van der Waals surface area contributed by atoms with Crippen LogP contribution in [-0.4, -0.2) is 35.0 Å². The van der Waals surface area contributed by atoms with Crippen molar-refractivity contribution in [1.82, 2.24) is 9.88 Å². The molecule has 4 nitrogen and oxygen atoms in total. The number of hydrogen-bond acceptors (Lipinski definition) is 4. The minimum atomic E-state index is -0.701. The van der Waals surface area contributed by atoms with E-state index in [0.29, 0.717) is 46.4 Å². The fraction of sp³-hybridized carbons (Fsp3) is 0.263. The topological polar surface area (TPSA) is 42.4 Å². The second kappa shape index (κ2) is 7.93. The minimum Gasteiger partial charge on any atom is -0.467 e. The lowest BCUT2D eigenvalue weighted by molar-refractivity contribution is 0.0595. The van der Waals surface area contributed by atoms with Gasteiger partial charge in [0, 0.05) is 36.5 Å². The number of amides is 1. The highest BCUT2D eigenvalue weighted by Crippen LogP contribution is 2.32. The van der Waals surface area contributed by atoms with E-state index in [1.165, 1.54) is 6.07 Å². The molecule has 1 aliphatic rings. The molecule has 146 valence electrons. The van der Waals surface area contributed by atoms with Gasteiger partial charge in [0.25, 0.3) is 11.1 Å². The van der Waals surface area contributed by atoms with E-state index in [2.05, 4.69) is 20.9 Å². The lowest BCUT2D eigenvalue weighted by atomic mass is 10.1. The highest BCUT2D eigenvalue weighted by Gasteiger charge is 2.27. The Morgan fingerprint density at radius 1 is 1.25 bits per heavy atom. The van der Waals surface area contributed by atoms with Crippen LogP contribution in [0, 0.1) is 11.6 Å². The van der Waals surface area contributed by atoms with E-state index in [9.17, 15) is 13.6 Å². The van der Waals surface area contributed by atoms with Crippen molar-refractivity contribution in [3.8, 4) is 5.19 Å². The number of carbonyl (C=O) groups excluding carboxylic acids is 1. The number of piperidine rings is 1. The first kappa shape index (κ1) is 19.5. The van der Waals surface area contributed by atoms with Gasteiger partial charge >= 0.3 is 0 Å². The summed E-state index contributed by atoms with van der Waals surface area (Å²) in [5.74, 6) is -1.46. The molecule has 1 saturated heterocycles. The van der Waals surface area contributed by atoms with Gasteiger partial charge in [-0.1, -0.05) is 38.9 Å². The maximum Gasteiger partial charge on any atom is 0.274 e. The van der Waals surface area contributed by atoms with Gasteiger partial charge in [-0.15, -0.1) is 0 Å². The zero-order valence-corrected chi connectivity index (χ0v) is 17.6. The van der Waals surface area contributed by atoms with Crippen LogP contribution in [-0.2, 0) is 0 Å². The number of fused-ring (bicyclic) bond motifs is 1. The Hall–Kier alpha value is -1.77. The van der Waals surface area contributed by atoms with Crippen molar-refractivity contribution in [2.45, 2.75) is 18.9 Å². The summed E-state index contributed by atoms with van der Waals surface area (Å²) in [5.41, 5.74) is 0.567. The average molecular weight is 488 g/mol. The van der Waals surface area contributed by atoms with Gasteiger partial charge in [0.1, 0.15) is 17.4 Å². The first-order valence-corrected chi connectivity index (χ1v) is 10.6. The molecule has 1 aliphatic heterocycles. The van der Waals surface area contributed by atoms with E-state index in [4.69, 9.17) is 16.3 Å². The zero-order chi connectivity index (χ0) is 19.8. The molecular formula is C19H14BrClF2N2O2S. The lowest BCUT2D eigenvalue weighted by Gasteiger charge is -2.31. The number of aromatic nitrogens is 1. The molecular weight excluding hydrogens is 474 g/mol. The number of thiazole rings is 1. The predicted octanol–water partition coefficient (Wildman–Crippen LogP) is 5.67. The van der Waals surface area contributed by atoms with Crippen molar-refractivity contribution < 1.29 is 18.3 Å². The summed E-state index contributed by atoms with van der Waals surface area (Å²) in [6.45, 7) is 1.03. The van der Waals surface area contributed by atoms with E-state index in [-0.39, 0.29) is 17.5 Å². The largest absolute Gasteiger partial charge is 0.467 e. The van der Waals surface area contributed by atoms with Crippen molar-refractivity contribution in [3.05, 3.63) is 57.0 Å². The molecule has 0 saturated carbocycles. The lowest BCUT2D eigenvalue weighted by Crippen LogP contribution is -2.41. The highest BCUT2D eigenvalue weighted by molar-refractivity contribution is 9.10. The van der Waals surface area contributed by atoms with Crippen molar-refractivity contribution in [3.63, 3.8) is 0 Å². The fourth-order valence-electron chi connectivity index (χ4n) is 3.14. The molecule has 1 aromatic heterocycles. The van der Waals surface area contributed by atoms with Crippen molar-refractivity contribution in [2.75, 3.05) is 13.1 Å². The second-order valence-corrected chi connectivity index (χ2v) is 8.76. The van der Waals surface area contributed by atoms with Gasteiger partial charge in [-0.2, -0.15) is 4.98 Å². The van der Waals surface area contributed by atoms with E-state index in [1.807, 2.05) is 0 Å². The summed E-state index contributed by atoms with van der Waals surface area (Å²) in [5, 5.41) is 0.717. The molecule has 0 N–H and O–H groups in total. The van der Waals surface area contributed by atoms with Gasteiger partial charge in [-0.25, -0.2) is 8.78 Å². The fourth-order valence-corrected chi connectivity index (χ4v) is 4.62. The second-order valence-electron chi connectivity index (χ2n) is 6.45. The number of ether oxygens (including phenoxy) is 1. The Morgan fingerprint density at radius 2 is 2.00 bits per heavy atom. The molecule has 4 rings (SSSR count). The molecule has 0 radical (unpaired) electrons. The molecule has 0 bridgehead atoms. The first-order chi connectivity index (χ1) is 13.4. The van der Waals surface area contributed by atoms with Gasteiger partial charge in [0.2, 0.25) is 0 Å². The van der Waals surface area contributed by atoms with Crippen LogP contribution in [0.2, 0.25) is 5.02 Å². The molecule has 28 heavy (non-hydrogen) atoms.